The summed E-state index contributed by atoms with van der Waals surface area (Å²) in [4.78, 5) is 0. The largest absolute Gasteiger partial charge is 0.456 e. The van der Waals surface area contributed by atoms with Crippen LogP contribution in [-0.2, 0) is 5.41 Å². The topological polar surface area (TPSA) is 13.1 Å². The number of rotatable bonds is 3. The molecule has 9 aromatic rings. The molecule has 1 aromatic heterocycles. The van der Waals surface area contributed by atoms with E-state index in [-0.39, 0.29) is 5.41 Å². The summed E-state index contributed by atoms with van der Waals surface area (Å²) < 4.78 is 6.29. The molecule has 0 bridgehead atoms. The standard InChI is InChI=1S/C47H32O/c1-47(2)41-25-24-32(26-38(41)39-27-40-33-14-10-11-19-43(33)48-44(40)28-42(39)47)29-20-22-31(23-21-29)46-36-17-8-6-15-34(36)45(30-12-4-3-5-13-30)35-16-7-9-18-37(35)46/h3-28H,1-2H3. The highest BCUT2D eigenvalue weighted by molar-refractivity contribution is 6.21. The Hall–Kier alpha value is -5.92. The Morgan fingerprint density at radius 1 is 0.354 bits per heavy atom. The van der Waals surface area contributed by atoms with E-state index < -0.39 is 0 Å². The van der Waals surface area contributed by atoms with Crippen molar-refractivity contribution >= 4 is 43.5 Å². The monoisotopic (exact) mass is 612 g/mol. The van der Waals surface area contributed by atoms with Gasteiger partial charge in [0.2, 0.25) is 0 Å². The summed E-state index contributed by atoms with van der Waals surface area (Å²) in [6, 6.07) is 57.7. The van der Waals surface area contributed by atoms with E-state index in [9.17, 15) is 0 Å². The molecule has 48 heavy (non-hydrogen) atoms. The van der Waals surface area contributed by atoms with Gasteiger partial charge in [-0.05, 0) is 101 Å². The molecule has 0 saturated heterocycles. The molecule has 0 fully saturated rings. The van der Waals surface area contributed by atoms with Gasteiger partial charge in [-0.3, -0.25) is 0 Å². The molecule has 1 heterocycles. The van der Waals surface area contributed by atoms with Gasteiger partial charge in [-0.2, -0.15) is 0 Å². The quantitative estimate of drug-likeness (QED) is 0.181. The lowest BCUT2D eigenvalue weighted by Crippen LogP contribution is -2.14. The highest BCUT2D eigenvalue weighted by atomic mass is 16.3. The molecule has 0 aliphatic heterocycles. The normalized spacial score (nSPS) is 13.4. The predicted molar refractivity (Wildman–Crippen MR) is 203 cm³/mol. The average Bonchev–Trinajstić information content (AvgIpc) is 3.61. The van der Waals surface area contributed by atoms with E-state index >= 15 is 0 Å². The van der Waals surface area contributed by atoms with Crippen LogP contribution in [0.1, 0.15) is 25.0 Å². The lowest BCUT2D eigenvalue weighted by Gasteiger charge is -2.21. The summed E-state index contributed by atoms with van der Waals surface area (Å²) >= 11 is 0. The molecule has 1 nitrogen and oxygen atoms in total. The zero-order valence-electron chi connectivity index (χ0n) is 26.9. The molecule has 0 spiro atoms. The van der Waals surface area contributed by atoms with Crippen molar-refractivity contribution in [2.45, 2.75) is 19.3 Å². The summed E-state index contributed by atoms with van der Waals surface area (Å²) in [6.07, 6.45) is 0. The molecule has 1 aliphatic carbocycles. The van der Waals surface area contributed by atoms with E-state index in [0.29, 0.717) is 0 Å². The Morgan fingerprint density at radius 3 is 1.50 bits per heavy atom. The Bertz CT molecular complexity index is 2670. The van der Waals surface area contributed by atoms with Gasteiger partial charge in [0.1, 0.15) is 11.2 Å². The fourth-order valence-corrected chi connectivity index (χ4v) is 8.33. The fourth-order valence-electron chi connectivity index (χ4n) is 8.33. The zero-order chi connectivity index (χ0) is 32.0. The van der Waals surface area contributed by atoms with E-state index in [4.69, 9.17) is 4.42 Å². The first-order valence-electron chi connectivity index (χ1n) is 16.8. The van der Waals surface area contributed by atoms with Gasteiger partial charge in [0.15, 0.2) is 0 Å². The molecular formula is C47H32O. The van der Waals surface area contributed by atoms with Crippen molar-refractivity contribution in [2.75, 3.05) is 0 Å². The molecule has 0 unspecified atom stereocenters. The second-order valence-corrected chi connectivity index (χ2v) is 13.7. The van der Waals surface area contributed by atoms with Crippen LogP contribution in [0.25, 0.3) is 88.0 Å². The van der Waals surface area contributed by atoms with Gasteiger partial charge in [-0.25, -0.2) is 0 Å². The van der Waals surface area contributed by atoms with Crippen molar-refractivity contribution in [3.05, 3.63) is 169 Å². The first kappa shape index (κ1) is 27.2. The highest BCUT2D eigenvalue weighted by Gasteiger charge is 2.36. The van der Waals surface area contributed by atoms with Gasteiger partial charge < -0.3 is 4.42 Å². The maximum atomic E-state index is 6.29. The van der Waals surface area contributed by atoms with Crippen LogP contribution in [0, 0.1) is 0 Å². The molecule has 0 saturated carbocycles. The maximum Gasteiger partial charge on any atom is 0.135 e. The Morgan fingerprint density at radius 2 is 0.854 bits per heavy atom. The van der Waals surface area contributed by atoms with E-state index in [2.05, 4.69) is 166 Å². The molecule has 1 heteroatoms. The minimum absolute atomic E-state index is 0.103. The third-order valence-corrected chi connectivity index (χ3v) is 10.7. The molecular weight excluding hydrogens is 581 g/mol. The third kappa shape index (κ3) is 3.85. The first-order valence-corrected chi connectivity index (χ1v) is 16.8. The number of furan rings is 1. The average molecular weight is 613 g/mol. The van der Waals surface area contributed by atoms with Crippen LogP contribution < -0.4 is 0 Å². The van der Waals surface area contributed by atoms with E-state index in [1.165, 1.54) is 88.0 Å². The van der Waals surface area contributed by atoms with Crippen molar-refractivity contribution in [3.8, 4) is 44.5 Å². The van der Waals surface area contributed by atoms with Gasteiger partial charge in [0, 0.05) is 16.2 Å². The number of fused-ring (bicyclic) bond motifs is 8. The summed E-state index contributed by atoms with van der Waals surface area (Å²) in [6.45, 7) is 4.66. The molecule has 0 N–H and O–H groups in total. The van der Waals surface area contributed by atoms with Gasteiger partial charge >= 0.3 is 0 Å². The predicted octanol–water partition coefficient (Wildman–Crippen LogP) is 13.2. The summed E-state index contributed by atoms with van der Waals surface area (Å²) in [5, 5.41) is 7.46. The minimum Gasteiger partial charge on any atom is -0.456 e. The van der Waals surface area contributed by atoms with Crippen molar-refractivity contribution in [2.24, 2.45) is 0 Å². The van der Waals surface area contributed by atoms with Gasteiger partial charge in [0.25, 0.3) is 0 Å². The lowest BCUT2D eigenvalue weighted by atomic mass is 9.82. The fraction of sp³-hybridized carbons (Fsp3) is 0.0638. The van der Waals surface area contributed by atoms with Gasteiger partial charge in [-0.15, -0.1) is 0 Å². The zero-order valence-corrected chi connectivity index (χ0v) is 26.9. The van der Waals surface area contributed by atoms with E-state index in [0.717, 1.165) is 11.2 Å². The molecule has 0 atom stereocenters. The molecule has 226 valence electrons. The highest BCUT2D eigenvalue weighted by Crippen LogP contribution is 2.52. The lowest BCUT2D eigenvalue weighted by molar-refractivity contribution is 0.647. The van der Waals surface area contributed by atoms with Crippen LogP contribution in [0.2, 0.25) is 0 Å². The third-order valence-electron chi connectivity index (χ3n) is 10.7. The number of hydrogen-bond acceptors (Lipinski definition) is 1. The van der Waals surface area contributed by atoms with Crippen LogP contribution in [-0.4, -0.2) is 0 Å². The van der Waals surface area contributed by atoms with E-state index in [1.54, 1.807) is 0 Å². The van der Waals surface area contributed by atoms with E-state index in [1.807, 2.05) is 6.07 Å². The molecule has 0 amide bonds. The molecule has 0 radical (unpaired) electrons. The number of benzene rings is 8. The first-order chi connectivity index (χ1) is 23.6. The maximum absolute atomic E-state index is 6.29. The Balaban J connectivity index is 1.11. The number of para-hydroxylation sites is 1. The SMILES string of the molecule is CC1(C)c2ccc(-c3ccc(-c4c5ccccc5c(-c5ccccc5)c5ccccc45)cc3)cc2-c2cc3c(cc21)oc1ccccc13. The van der Waals surface area contributed by atoms with Crippen LogP contribution in [0.5, 0.6) is 0 Å². The molecule has 8 aromatic carbocycles. The summed E-state index contributed by atoms with van der Waals surface area (Å²) in [7, 11) is 0. The van der Waals surface area contributed by atoms with Crippen molar-refractivity contribution in [1.29, 1.82) is 0 Å². The van der Waals surface area contributed by atoms with Crippen molar-refractivity contribution in [1.82, 2.24) is 0 Å². The molecule has 1 aliphatic rings. The Labute approximate surface area is 279 Å². The van der Waals surface area contributed by atoms with Crippen LogP contribution in [0.15, 0.2) is 162 Å². The molecule has 10 rings (SSSR count). The van der Waals surface area contributed by atoms with Crippen LogP contribution in [0.4, 0.5) is 0 Å². The Kier molecular flexibility index (Phi) is 5.69. The van der Waals surface area contributed by atoms with Gasteiger partial charge in [0.05, 0.1) is 0 Å². The van der Waals surface area contributed by atoms with Gasteiger partial charge in [-0.1, -0.05) is 147 Å². The smallest absolute Gasteiger partial charge is 0.135 e. The number of hydrogen-bond donors (Lipinski definition) is 0. The van der Waals surface area contributed by atoms with Crippen LogP contribution in [0.3, 0.4) is 0 Å². The van der Waals surface area contributed by atoms with Crippen molar-refractivity contribution in [3.63, 3.8) is 0 Å². The minimum atomic E-state index is -0.103. The second kappa shape index (κ2) is 10.0. The summed E-state index contributed by atoms with van der Waals surface area (Å²) in [5.74, 6) is 0. The summed E-state index contributed by atoms with van der Waals surface area (Å²) in [5.41, 5.74) is 14.6. The second-order valence-electron chi connectivity index (χ2n) is 13.7. The van der Waals surface area contributed by atoms with Crippen molar-refractivity contribution < 1.29 is 4.42 Å². The van der Waals surface area contributed by atoms with Crippen LogP contribution >= 0.6 is 0 Å².